The standard InChI is InChI=1S/C14H18F3N3O/c1-10(2)6-18-7-11-5-12(21-9-11)8-20-4-3-13(19-20)14(15,16)17/h3-5,9-10,18H,6-8H2,1-2H3. The monoisotopic (exact) mass is 301 g/mol. The highest BCUT2D eigenvalue weighted by molar-refractivity contribution is 5.13. The molecule has 2 heterocycles. The minimum Gasteiger partial charge on any atom is -0.467 e. The molecule has 7 heteroatoms. The molecule has 0 aliphatic carbocycles. The third-order valence-electron chi connectivity index (χ3n) is 2.84. The second kappa shape index (κ2) is 6.34. The first-order valence-electron chi connectivity index (χ1n) is 6.72. The summed E-state index contributed by atoms with van der Waals surface area (Å²) in [5.41, 5.74) is 0.0710. The van der Waals surface area contributed by atoms with Crippen molar-refractivity contribution in [3.63, 3.8) is 0 Å². The first-order chi connectivity index (χ1) is 9.84. The summed E-state index contributed by atoms with van der Waals surface area (Å²) in [5.74, 6) is 1.13. The minimum absolute atomic E-state index is 0.181. The van der Waals surface area contributed by atoms with Gasteiger partial charge in [-0.15, -0.1) is 0 Å². The maximum absolute atomic E-state index is 12.4. The van der Waals surface area contributed by atoms with Crippen LogP contribution in [0, 0.1) is 5.92 Å². The predicted molar refractivity (Wildman–Crippen MR) is 71.6 cm³/mol. The van der Waals surface area contributed by atoms with Crippen LogP contribution in [0.25, 0.3) is 0 Å². The molecule has 2 aromatic rings. The van der Waals surface area contributed by atoms with Gasteiger partial charge in [-0.25, -0.2) is 0 Å². The molecule has 0 amide bonds. The van der Waals surface area contributed by atoms with E-state index >= 15 is 0 Å². The van der Waals surface area contributed by atoms with Gasteiger partial charge in [-0.3, -0.25) is 4.68 Å². The van der Waals surface area contributed by atoms with Crippen LogP contribution in [-0.4, -0.2) is 16.3 Å². The summed E-state index contributed by atoms with van der Waals surface area (Å²) in [6, 6.07) is 2.77. The number of alkyl halides is 3. The molecular weight excluding hydrogens is 283 g/mol. The van der Waals surface area contributed by atoms with Crippen molar-refractivity contribution in [2.75, 3.05) is 6.54 Å². The molecule has 1 N–H and O–H groups in total. The highest BCUT2D eigenvalue weighted by atomic mass is 19.4. The number of hydrogen-bond acceptors (Lipinski definition) is 3. The number of aromatic nitrogens is 2. The van der Waals surface area contributed by atoms with E-state index in [0.29, 0.717) is 18.2 Å². The summed E-state index contributed by atoms with van der Waals surface area (Å²) >= 11 is 0. The Morgan fingerprint density at radius 2 is 2.14 bits per heavy atom. The van der Waals surface area contributed by atoms with Gasteiger partial charge in [0.1, 0.15) is 5.76 Å². The molecule has 0 saturated heterocycles. The van der Waals surface area contributed by atoms with Gasteiger partial charge in [0, 0.05) is 18.3 Å². The van der Waals surface area contributed by atoms with Crippen molar-refractivity contribution in [3.8, 4) is 0 Å². The van der Waals surface area contributed by atoms with E-state index in [1.165, 1.54) is 10.9 Å². The molecule has 0 atom stereocenters. The minimum atomic E-state index is -4.42. The van der Waals surface area contributed by atoms with Crippen LogP contribution < -0.4 is 5.32 Å². The van der Waals surface area contributed by atoms with Crippen LogP contribution in [0.2, 0.25) is 0 Å². The zero-order valence-electron chi connectivity index (χ0n) is 11.9. The molecule has 0 unspecified atom stereocenters. The predicted octanol–water partition coefficient (Wildman–Crippen LogP) is 3.29. The Bertz CT molecular complexity index is 572. The van der Waals surface area contributed by atoms with Gasteiger partial charge in [-0.05, 0) is 24.6 Å². The summed E-state index contributed by atoms with van der Waals surface area (Å²) in [5, 5.41) is 6.76. The number of hydrogen-bond donors (Lipinski definition) is 1. The van der Waals surface area contributed by atoms with Crippen molar-refractivity contribution in [2.45, 2.75) is 33.1 Å². The second-order valence-electron chi connectivity index (χ2n) is 5.34. The molecule has 2 aromatic heterocycles. The van der Waals surface area contributed by atoms with Gasteiger partial charge in [0.15, 0.2) is 5.69 Å². The van der Waals surface area contributed by atoms with Crippen molar-refractivity contribution in [2.24, 2.45) is 5.92 Å². The van der Waals surface area contributed by atoms with Gasteiger partial charge >= 0.3 is 6.18 Å². The lowest BCUT2D eigenvalue weighted by atomic mass is 10.2. The van der Waals surface area contributed by atoms with Crippen molar-refractivity contribution < 1.29 is 17.6 Å². The molecule has 0 saturated carbocycles. The first kappa shape index (κ1) is 15.6. The van der Waals surface area contributed by atoms with Crippen LogP contribution in [0.3, 0.4) is 0 Å². The molecule has 116 valence electrons. The molecule has 0 fully saturated rings. The van der Waals surface area contributed by atoms with E-state index in [4.69, 9.17) is 4.42 Å². The Balaban J connectivity index is 1.91. The third-order valence-corrected chi connectivity index (χ3v) is 2.84. The van der Waals surface area contributed by atoms with Crippen molar-refractivity contribution >= 4 is 0 Å². The van der Waals surface area contributed by atoms with Gasteiger partial charge in [0.25, 0.3) is 0 Å². The number of halogens is 3. The molecule has 0 radical (unpaired) electrons. The summed E-state index contributed by atoms with van der Waals surface area (Å²) < 4.78 is 43.9. The molecule has 4 nitrogen and oxygen atoms in total. The van der Waals surface area contributed by atoms with E-state index in [1.54, 1.807) is 6.26 Å². The van der Waals surface area contributed by atoms with Crippen molar-refractivity contribution in [3.05, 3.63) is 41.6 Å². The van der Waals surface area contributed by atoms with E-state index in [1.807, 2.05) is 6.07 Å². The highest BCUT2D eigenvalue weighted by Crippen LogP contribution is 2.27. The highest BCUT2D eigenvalue weighted by Gasteiger charge is 2.33. The smallest absolute Gasteiger partial charge is 0.435 e. The summed E-state index contributed by atoms with van der Waals surface area (Å²) in [6.07, 6.45) is -1.51. The fraction of sp³-hybridized carbons (Fsp3) is 0.500. The maximum Gasteiger partial charge on any atom is 0.435 e. The molecule has 0 spiro atoms. The number of nitrogens with zero attached hydrogens (tertiary/aromatic N) is 2. The third kappa shape index (κ3) is 4.63. The zero-order valence-corrected chi connectivity index (χ0v) is 11.9. The summed E-state index contributed by atoms with van der Waals surface area (Å²) in [4.78, 5) is 0. The lowest BCUT2D eigenvalue weighted by Gasteiger charge is -2.04. The zero-order chi connectivity index (χ0) is 15.5. The first-order valence-corrected chi connectivity index (χ1v) is 6.72. The number of rotatable bonds is 6. The van der Waals surface area contributed by atoms with Crippen LogP contribution in [0.5, 0.6) is 0 Å². The van der Waals surface area contributed by atoms with E-state index in [0.717, 1.165) is 18.2 Å². The van der Waals surface area contributed by atoms with Crippen LogP contribution in [-0.2, 0) is 19.3 Å². The van der Waals surface area contributed by atoms with E-state index in [-0.39, 0.29) is 6.54 Å². The van der Waals surface area contributed by atoms with Gasteiger partial charge in [0.05, 0.1) is 12.8 Å². The molecule has 2 rings (SSSR count). The molecule has 0 aliphatic heterocycles. The summed E-state index contributed by atoms with van der Waals surface area (Å²) in [6.45, 7) is 5.98. The van der Waals surface area contributed by atoms with Crippen LogP contribution in [0.1, 0.15) is 30.9 Å². The number of nitrogens with one attached hydrogen (secondary N) is 1. The Labute approximate surface area is 120 Å². The Kier molecular flexibility index (Phi) is 4.72. The van der Waals surface area contributed by atoms with Gasteiger partial charge < -0.3 is 9.73 Å². The second-order valence-corrected chi connectivity index (χ2v) is 5.34. The average Bonchev–Trinajstić information content (AvgIpc) is 2.98. The fourth-order valence-corrected chi connectivity index (χ4v) is 1.87. The lowest BCUT2D eigenvalue weighted by molar-refractivity contribution is -0.141. The summed E-state index contributed by atoms with van der Waals surface area (Å²) in [7, 11) is 0. The van der Waals surface area contributed by atoms with Gasteiger partial charge in [-0.2, -0.15) is 18.3 Å². The number of furan rings is 1. The SMILES string of the molecule is CC(C)CNCc1coc(Cn2ccc(C(F)(F)F)n2)c1. The lowest BCUT2D eigenvalue weighted by Crippen LogP contribution is -2.18. The Morgan fingerprint density at radius 1 is 1.38 bits per heavy atom. The maximum atomic E-state index is 12.4. The largest absolute Gasteiger partial charge is 0.467 e. The van der Waals surface area contributed by atoms with Crippen molar-refractivity contribution in [1.29, 1.82) is 0 Å². The molecule has 0 aromatic carbocycles. The van der Waals surface area contributed by atoms with Gasteiger partial charge in [0.2, 0.25) is 0 Å². The van der Waals surface area contributed by atoms with Crippen LogP contribution >= 0.6 is 0 Å². The van der Waals surface area contributed by atoms with Gasteiger partial charge in [-0.1, -0.05) is 13.8 Å². The quantitative estimate of drug-likeness (QED) is 0.890. The fourth-order valence-electron chi connectivity index (χ4n) is 1.87. The Morgan fingerprint density at radius 3 is 2.76 bits per heavy atom. The normalized spacial score (nSPS) is 12.3. The van der Waals surface area contributed by atoms with Crippen molar-refractivity contribution in [1.82, 2.24) is 15.1 Å². The topological polar surface area (TPSA) is 43.0 Å². The molecule has 0 aliphatic rings. The molecule has 0 bridgehead atoms. The van der Waals surface area contributed by atoms with E-state index in [9.17, 15) is 13.2 Å². The average molecular weight is 301 g/mol. The Hall–Kier alpha value is -1.76. The van der Waals surface area contributed by atoms with E-state index in [2.05, 4.69) is 24.3 Å². The van der Waals surface area contributed by atoms with Crippen LogP contribution in [0.4, 0.5) is 13.2 Å². The molecular formula is C14H18F3N3O. The van der Waals surface area contributed by atoms with Crippen LogP contribution in [0.15, 0.2) is 29.0 Å². The molecule has 21 heavy (non-hydrogen) atoms. The van der Waals surface area contributed by atoms with E-state index < -0.39 is 11.9 Å².